The molecule has 3 aliphatic rings. The molecular formula is C35H42N10O7. The van der Waals surface area contributed by atoms with Gasteiger partial charge < -0.3 is 52.1 Å². The quantitative estimate of drug-likeness (QED) is 0.0767. The summed E-state index contributed by atoms with van der Waals surface area (Å²) in [4.78, 5) is 82.0. The number of hydrogen-bond donors (Lipinski definition) is 6. The highest BCUT2D eigenvalue weighted by atomic mass is 16.7. The van der Waals surface area contributed by atoms with E-state index in [1.165, 1.54) is 23.1 Å². The van der Waals surface area contributed by atoms with Gasteiger partial charge in [-0.2, -0.15) is 0 Å². The minimum Gasteiger partial charge on any atom is -0.454 e. The Labute approximate surface area is 299 Å². The number of nitrogens with one attached hydrogen (secondary N) is 3. The molecule has 0 bridgehead atoms. The standard InChI is InChI=1S/C35H42N10O7/c1-19(46)42-26(13-24-14-39-17-41-24)34(50)45-16-23-12-30-29(51-18-52-30)11-22(23)10-28(45)32(48)43-25(7-4-8-40-35(37)38)33(49)44-15-21-6-3-2-5-20(21)9-27(44)31(36)47/h2-3,5-6,11-12,14,17,25-28H,4,7-10,13,15-16,18H2,1H3,(H2,36,47)(H,39,41)(H,42,46)(H,43,48)(H4,37,38,40)/t25-,26-,27-,28?/m0/s1. The molecule has 17 heteroatoms. The Kier molecular flexibility index (Phi) is 10.6. The lowest BCUT2D eigenvalue weighted by molar-refractivity contribution is -0.147. The molecule has 1 aromatic heterocycles. The second kappa shape index (κ2) is 15.4. The van der Waals surface area contributed by atoms with Crippen LogP contribution in [0.3, 0.4) is 0 Å². The fraction of sp³-hybridized carbons (Fsp3) is 0.400. The molecule has 17 nitrogen and oxygen atoms in total. The molecule has 6 rings (SSSR count). The van der Waals surface area contributed by atoms with Crippen LogP contribution in [0.25, 0.3) is 0 Å². The maximum atomic E-state index is 14.5. The second-order valence-corrected chi connectivity index (χ2v) is 13.1. The van der Waals surface area contributed by atoms with Crippen LogP contribution >= 0.6 is 0 Å². The van der Waals surface area contributed by atoms with E-state index in [1.807, 2.05) is 24.3 Å². The van der Waals surface area contributed by atoms with E-state index in [1.54, 1.807) is 18.3 Å². The fourth-order valence-electron chi connectivity index (χ4n) is 6.94. The molecular weight excluding hydrogens is 672 g/mol. The third-order valence-corrected chi connectivity index (χ3v) is 9.49. The van der Waals surface area contributed by atoms with Gasteiger partial charge in [0.1, 0.15) is 24.2 Å². The van der Waals surface area contributed by atoms with E-state index in [-0.39, 0.29) is 58.1 Å². The lowest BCUT2D eigenvalue weighted by Crippen LogP contribution is -2.61. The number of aromatic nitrogens is 2. The number of carbonyl (C=O) groups is 5. The van der Waals surface area contributed by atoms with E-state index in [2.05, 4.69) is 25.6 Å². The second-order valence-electron chi connectivity index (χ2n) is 13.1. The van der Waals surface area contributed by atoms with Crippen LogP contribution in [0.15, 0.2) is 53.9 Å². The third-order valence-electron chi connectivity index (χ3n) is 9.49. The van der Waals surface area contributed by atoms with Gasteiger partial charge in [0.15, 0.2) is 17.5 Å². The van der Waals surface area contributed by atoms with E-state index in [0.717, 1.165) is 22.3 Å². The molecule has 4 heterocycles. The largest absolute Gasteiger partial charge is 0.454 e. The zero-order valence-corrected chi connectivity index (χ0v) is 28.7. The van der Waals surface area contributed by atoms with Crippen molar-refractivity contribution in [2.24, 2.45) is 22.2 Å². The number of fused-ring (bicyclic) bond motifs is 3. The number of hydrogen-bond acceptors (Lipinski definition) is 9. The average Bonchev–Trinajstić information content (AvgIpc) is 3.81. The van der Waals surface area contributed by atoms with Crippen LogP contribution in [-0.2, 0) is 56.3 Å². The molecule has 52 heavy (non-hydrogen) atoms. The molecule has 4 atom stereocenters. The number of aromatic amines is 1. The van der Waals surface area contributed by atoms with Gasteiger partial charge in [0, 0.05) is 57.7 Å². The summed E-state index contributed by atoms with van der Waals surface area (Å²) in [5.74, 6) is -1.81. The Balaban J connectivity index is 1.31. The Morgan fingerprint density at radius 1 is 0.904 bits per heavy atom. The summed E-state index contributed by atoms with van der Waals surface area (Å²) < 4.78 is 11.2. The minimum atomic E-state index is -1.12. The monoisotopic (exact) mass is 714 g/mol. The zero-order valence-electron chi connectivity index (χ0n) is 28.7. The number of carbonyl (C=O) groups excluding carboxylic acids is 5. The lowest BCUT2D eigenvalue weighted by atomic mass is 9.91. The Morgan fingerprint density at radius 2 is 1.56 bits per heavy atom. The number of ether oxygens (including phenoxy) is 2. The summed E-state index contributed by atoms with van der Waals surface area (Å²) in [6, 6.07) is 6.84. The molecule has 0 spiro atoms. The van der Waals surface area contributed by atoms with Crippen LogP contribution in [0.4, 0.5) is 0 Å². The van der Waals surface area contributed by atoms with E-state index in [4.69, 9.17) is 26.7 Å². The van der Waals surface area contributed by atoms with Gasteiger partial charge in [0.25, 0.3) is 0 Å². The maximum absolute atomic E-state index is 14.5. The van der Waals surface area contributed by atoms with Gasteiger partial charge in [-0.15, -0.1) is 0 Å². The number of nitrogens with two attached hydrogens (primary N) is 3. The van der Waals surface area contributed by atoms with Crippen molar-refractivity contribution in [1.29, 1.82) is 0 Å². The van der Waals surface area contributed by atoms with Gasteiger partial charge in [-0.05, 0) is 47.2 Å². The summed E-state index contributed by atoms with van der Waals surface area (Å²) in [7, 11) is 0. The van der Waals surface area contributed by atoms with Gasteiger partial charge in [0.2, 0.25) is 36.3 Å². The summed E-state index contributed by atoms with van der Waals surface area (Å²) in [5, 5.41) is 5.62. The molecule has 0 aliphatic carbocycles. The van der Waals surface area contributed by atoms with Gasteiger partial charge >= 0.3 is 0 Å². The number of benzene rings is 2. The van der Waals surface area contributed by atoms with Gasteiger partial charge in [-0.1, -0.05) is 24.3 Å². The summed E-state index contributed by atoms with van der Waals surface area (Å²) in [6.07, 6.45) is 3.85. The van der Waals surface area contributed by atoms with Crippen molar-refractivity contribution >= 4 is 35.5 Å². The first-order valence-electron chi connectivity index (χ1n) is 17.0. The van der Waals surface area contributed by atoms with Gasteiger partial charge in [-0.25, -0.2) is 4.98 Å². The molecule has 0 saturated carbocycles. The van der Waals surface area contributed by atoms with Crippen molar-refractivity contribution in [3.05, 3.63) is 76.9 Å². The predicted molar refractivity (Wildman–Crippen MR) is 186 cm³/mol. The first-order chi connectivity index (χ1) is 25.0. The molecule has 2 aromatic carbocycles. The first-order valence-corrected chi connectivity index (χ1v) is 17.0. The number of nitrogens with zero attached hydrogens (tertiary/aromatic N) is 4. The number of imidazole rings is 1. The van der Waals surface area contributed by atoms with E-state index >= 15 is 0 Å². The third kappa shape index (κ3) is 7.92. The van der Waals surface area contributed by atoms with Crippen molar-refractivity contribution in [1.82, 2.24) is 30.4 Å². The summed E-state index contributed by atoms with van der Waals surface area (Å²) in [5.41, 5.74) is 20.7. The van der Waals surface area contributed by atoms with Crippen LogP contribution in [0.1, 0.15) is 47.7 Å². The highest BCUT2D eigenvalue weighted by Crippen LogP contribution is 2.38. The molecule has 274 valence electrons. The highest BCUT2D eigenvalue weighted by Gasteiger charge is 2.42. The first kappa shape index (κ1) is 35.7. The van der Waals surface area contributed by atoms with E-state index < -0.39 is 53.7 Å². The van der Waals surface area contributed by atoms with Gasteiger partial charge in [-0.3, -0.25) is 29.0 Å². The van der Waals surface area contributed by atoms with Crippen molar-refractivity contribution in [2.75, 3.05) is 13.3 Å². The number of primary amides is 1. The lowest BCUT2D eigenvalue weighted by Gasteiger charge is -2.40. The number of amides is 5. The SMILES string of the molecule is CC(=O)N[C@@H](Cc1cnc[nH]1)C(=O)N1Cc2cc3c(cc2CC1C(=O)N[C@@H](CCCN=C(N)N)C(=O)N1Cc2ccccc2C[C@H]1C(N)=O)OCO3. The normalized spacial score (nSPS) is 18.3. The van der Waals surface area contributed by atoms with E-state index in [9.17, 15) is 24.0 Å². The minimum absolute atomic E-state index is 0.0116. The topological polar surface area (TPSA) is 253 Å². The van der Waals surface area contributed by atoms with Crippen LogP contribution in [-0.4, -0.2) is 92.8 Å². The Bertz CT molecular complexity index is 1880. The van der Waals surface area contributed by atoms with Crippen LogP contribution in [0, 0.1) is 0 Å². The molecule has 1 unspecified atom stereocenters. The highest BCUT2D eigenvalue weighted by molar-refractivity contribution is 5.96. The fourth-order valence-corrected chi connectivity index (χ4v) is 6.94. The number of guanidine groups is 1. The van der Waals surface area contributed by atoms with Crippen molar-refractivity contribution in [3.8, 4) is 11.5 Å². The van der Waals surface area contributed by atoms with Crippen LogP contribution in [0.2, 0.25) is 0 Å². The molecule has 9 N–H and O–H groups in total. The molecule has 0 fully saturated rings. The van der Waals surface area contributed by atoms with Crippen molar-refractivity contribution in [3.63, 3.8) is 0 Å². The Hall–Kier alpha value is -6.13. The predicted octanol–water partition coefficient (Wildman–Crippen LogP) is -0.884. The maximum Gasteiger partial charge on any atom is 0.246 e. The van der Waals surface area contributed by atoms with Gasteiger partial charge in [0.05, 0.1) is 6.33 Å². The Morgan fingerprint density at radius 3 is 2.23 bits per heavy atom. The summed E-state index contributed by atoms with van der Waals surface area (Å²) in [6.45, 7) is 1.66. The van der Waals surface area contributed by atoms with Crippen LogP contribution in [0.5, 0.6) is 11.5 Å². The van der Waals surface area contributed by atoms with Crippen molar-refractivity contribution in [2.45, 2.75) is 76.3 Å². The van der Waals surface area contributed by atoms with Crippen molar-refractivity contribution < 1.29 is 33.4 Å². The molecule has 3 aliphatic heterocycles. The molecule has 0 radical (unpaired) electrons. The van der Waals surface area contributed by atoms with Crippen LogP contribution < -0.4 is 37.3 Å². The van der Waals surface area contributed by atoms with E-state index in [0.29, 0.717) is 23.6 Å². The number of H-pyrrole nitrogens is 1. The smallest absolute Gasteiger partial charge is 0.246 e. The molecule has 5 amide bonds. The molecule has 3 aromatic rings. The zero-order chi connectivity index (χ0) is 36.9. The molecule has 0 saturated heterocycles. The number of rotatable bonds is 12. The average molecular weight is 715 g/mol. The summed E-state index contributed by atoms with van der Waals surface area (Å²) >= 11 is 0. The number of aliphatic imine (C=N–C) groups is 1.